The number of imidazole rings is 1. The van der Waals surface area contributed by atoms with Gasteiger partial charge < -0.3 is 10.7 Å². The molecule has 3 rings (SSSR count). The number of aromatic amines is 1. The zero-order valence-electron chi connectivity index (χ0n) is 13.3. The molecular formula is C16H18FN5OS. The Morgan fingerprint density at radius 2 is 2.04 bits per heavy atom. The molecule has 24 heavy (non-hydrogen) atoms. The summed E-state index contributed by atoms with van der Waals surface area (Å²) in [6, 6.07) is 6.01. The van der Waals surface area contributed by atoms with E-state index in [0.717, 1.165) is 24.2 Å². The standard InChI is InChI=1S/C16H18FN5OS/c1-2-3-8-24-15-20-13(18)12-14(21-15)22(16(23)19-12)9-10-4-6-11(17)7-5-10/h4-7H,2-3,8-9H2,1H3,(H,19,23)(H2,18,20,21). The second-order valence-electron chi connectivity index (χ2n) is 5.43. The zero-order valence-corrected chi connectivity index (χ0v) is 14.1. The van der Waals surface area contributed by atoms with Crippen LogP contribution in [0, 0.1) is 5.82 Å². The van der Waals surface area contributed by atoms with Gasteiger partial charge in [0.1, 0.15) is 11.3 Å². The van der Waals surface area contributed by atoms with Gasteiger partial charge >= 0.3 is 5.69 Å². The van der Waals surface area contributed by atoms with E-state index in [-0.39, 0.29) is 23.9 Å². The van der Waals surface area contributed by atoms with Gasteiger partial charge in [-0.25, -0.2) is 19.2 Å². The molecule has 0 fully saturated rings. The summed E-state index contributed by atoms with van der Waals surface area (Å²) in [6.45, 7) is 2.40. The first kappa shape index (κ1) is 16.5. The Labute approximate surface area is 142 Å². The number of H-pyrrole nitrogens is 1. The Balaban J connectivity index is 1.98. The predicted octanol–water partition coefficient (Wildman–Crippen LogP) is 2.78. The van der Waals surface area contributed by atoms with Crippen LogP contribution in [0.2, 0.25) is 0 Å². The van der Waals surface area contributed by atoms with Crippen molar-refractivity contribution in [2.24, 2.45) is 0 Å². The molecule has 0 saturated carbocycles. The first-order valence-corrected chi connectivity index (χ1v) is 8.70. The van der Waals surface area contributed by atoms with Crippen molar-refractivity contribution >= 4 is 28.7 Å². The maximum atomic E-state index is 13.0. The Kier molecular flexibility index (Phi) is 4.84. The molecule has 2 heterocycles. The summed E-state index contributed by atoms with van der Waals surface area (Å²) >= 11 is 1.52. The molecule has 0 spiro atoms. The fourth-order valence-corrected chi connectivity index (χ4v) is 3.25. The first-order chi connectivity index (χ1) is 11.6. The molecule has 3 aromatic rings. The number of anilines is 1. The van der Waals surface area contributed by atoms with E-state index < -0.39 is 0 Å². The molecule has 1 aromatic carbocycles. The van der Waals surface area contributed by atoms with Crippen LogP contribution in [0.1, 0.15) is 25.3 Å². The number of nitrogens with zero attached hydrogens (tertiary/aromatic N) is 3. The number of rotatable bonds is 6. The molecule has 6 nitrogen and oxygen atoms in total. The molecule has 126 valence electrons. The minimum atomic E-state index is -0.314. The smallest absolute Gasteiger partial charge is 0.328 e. The normalized spacial score (nSPS) is 11.2. The van der Waals surface area contributed by atoms with Crippen molar-refractivity contribution in [1.29, 1.82) is 0 Å². The van der Waals surface area contributed by atoms with Gasteiger partial charge in [-0.3, -0.25) is 4.57 Å². The minimum absolute atomic E-state index is 0.258. The van der Waals surface area contributed by atoms with Crippen LogP contribution in [-0.2, 0) is 6.54 Å². The maximum Gasteiger partial charge on any atom is 0.328 e. The van der Waals surface area contributed by atoms with Crippen LogP contribution in [0.5, 0.6) is 0 Å². The fraction of sp³-hybridized carbons (Fsp3) is 0.312. The van der Waals surface area contributed by atoms with E-state index in [4.69, 9.17) is 5.73 Å². The van der Waals surface area contributed by atoms with E-state index in [1.54, 1.807) is 12.1 Å². The number of benzene rings is 1. The SMILES string of the molecule is CCCCSc1nc(N)c2[nH]c(=O)n(Cc3ccc(F)cc3)c2n1. The Morgan fingerprint density at radius 1 is 1.29 bits per heavy atom. The topological polar surface area (TPSA) is 89.6 Å². The van der Waals surface area contributed by atoms with Crippen LogP contribution in [0.25, 0.3) is 11.2 Å². The number of hydrogen-bond acceptors (Lipinski definition) is 5. The van der Waals surface area contributed by atoms with E-state index in [1.165, 1.54) is 28.5 Å². The number of nitrogens with two attached hydrogens (primary N) is 1. The molecule has 8 heteroatoms. The van der Waals surface area contributed by atoms with Gasteiger partial charge in [0.05, 0.1) is 6.54 Å². The molecule has 0 radical (unpaired) electrons. The number of halogens is 1. The molecule has 0 atom stereocenters. The van der Waals surface area contributed by atoms with Crippen molar-refractivity contribution in [2.45, 2.75) is 31.5 Å². The molecular weight excluding hydrogens is 329 g/mol. The molecule has 0 aliphatic rings. The summed E-state index contributed by atoms with van der Waals surface area (Å²) in [5.41, 5.74) is 7.35. The van der Waals surface area contributed by atoms with Crippen LogP contribution in [0.3, 0.4) is 0 Å². The van der Waals surface area contributed by atoms with Crippen LogP contribution >= 0.6 is 11.8 Å². The molecule has 0 bridgehead atoms. The minimum Gasteiger partial charge on any atom is -0.382 e. The number of unbranched alkanes of at least 4 members (excludes halogenated alkanes) is 1. The highest BCUT2D eigenvalue weighted by atomic mass is 32.2. The van der Waals surface area contributed by atoms with Crippen molar-refractivity contribution in [2.75, 3.05) is 11.5 Å². The number of aromatic nitrogens is 4. The van der Waals surface area contributed by atoms with Crippen molar-refractivity contribution in [3.05, 3.63) is 46.1 Å². The lowest BCUT2D eigenvalue weighted by Gasteiger charge is -2.05. The third-order valence-electron chi connectivity index (χ3n) is 3.61. The number of nitrogens with one attached hydrogen (secondary N) is 1. The van der Waals surface area contributed by atoms with Crippen LogP contribution in [-0.4, -0.2) is 25.3 Å². The van der Waals surface area contributed by atoms with Gasteiger partial charge in [0.2, 0.25) is 0 Å². The zero-order chi connectivity index (χ0) is 17.1. The van der Waals surface area contributed by atoms with Crippen LogP contribution in [0.15, 0.2) is 34.2 Å². The number of nitrogen functional groups attached to an aromatic ring is 1. The summed E-state index contributed by atoms with van der Waals surface area (Å²) in [7, 11) is 0. The quantitative estimate of drug-likeness (QED) is 0.406. The van der Waals surface area contributed by atoms with Gasteiger partial charge in [0.15, 0.2) is 16.6 Å². The molecule has 0 aliphatic heterocycles. The largest absolute Gasteiger partial charge is 0.382 e. The van der Waals surface area contributed by atoms with Crippen molar-refractivity contribution in [3.63, 3.8) is 0 Å². The number of hydrogen-bond donors (Lipinski definition) is 2. The Hall–Kier alpha value is -2.35. The highest BCUT2D eigenvalue weighted by Gasteiger charge is 2.14. The van der Waals surface area contributed by atoms with E-state index in [2.05, 4.69) is 21.9 Å². The molecule has 0 amide bonds. The average Bonchev–Trinajstić information content (AvgIpc) is 2.87. The lowest BCUT2D eigenvalue weighted by atomic mass is 10.2. The molecule has 0 unspecified atom stereocenters. The molecule has 3 N–H and O–H groups in total. The summed E-state index contributed by atoms with van der Waals surface area (Å²) in [5.74, 6) is 0.841. The fourth-order valence-electron chi connectivity index (χ4n) is 2.32. The number of fused-ring (bicyclic) bond motifs is 1. The average molecular weight is 347 g/mol. The van der Waals surface area contributed by atoms with E-state index in [9.17, 15) is 9.18 Å². The van der Waals surface area contributed by atoms with E-state index in [1.807, 2.05) is 0 Å². The molecule has 0 aliphatic carbocycles. The Morgan fingerprint density at radius 3 is 2.75 bits per heavy atom. The highest BCUT2D eigenvalue weighted by Crippen LogP contribution is 2.21. The Bertz CT molecular complexity index is 903. The second kappa shape index (κ2) is 7.04. The van der Waals surface area contributed by atoms with Crippen LogP contribution in [0.4, 0.5) is 10.2 Å². The summed E-state index contributed by atoms with van der Waals surface area (Å²) < 4.78 is 14.5. The van der Waals surface area contributed by atoms with Crippen molar-refractivity contribution in [3.8, 4) is 0 Å². The lowest BCUT2D eigenvalue weighted by Crippen LogP contribution is -2.17. The van der Waals surface area contributed by atoms with Gasteiger partial charge in [0.25, 0.3) is 0 Å². The first-order valence-electron chi connectivity index (χ1n) is 7.71. The second-order valence-corrected chi connectivity index (χ2v) is 6.50. The third-order valence-corrected chi connectivity index (χ3v) is 4.55. The molecule has 2 aromatic heterocycles. The number of thioether (sulfide) groups is 1. The maximum absolute atomic E-state index is 13.0. The van der Waals surface area contributed by atoms with Crippen molar-refractivity contribution < 1.29 is 4.39 Å². The third kappa shape index (κ3) is 3.43. The van der Waals surface area contributed by atoms with Gasteiger partial charge in [0, 0.05) is 5.75 Å². The lowest BCUT2D eigenvalue weighted by molar-refractivity contribution is 0.626. The predicted molar refractivity (Wildman–Crippen MR) is 93.7 cm³/mol. The highest BCUT2D eigenvalue weighted by molar-refractivity contribution is 7.99. The van der Waals surface area contributed by atoms with Gasteiger partial charge in [-0.2, -0.15) is 0 Å². The summed E-state index contributed by atoms with van der Waals surface area (Å²) in [4.78, 5) is 23.6. The summed E-state index contributed by atoms with van der Waals surface area (Å²) in [6.07, 6.45) is 2.14. The van der Waals surface area contributed by atoms with E-state index >= 15 is 0 Å². The van der Waals surface area contributed by atoms with Gasteiger partial charge in [-0.1, -0.05) is 37.2 Å². The summed E-state index contributed by atoms with van der Waals surface area (Å²) in [5, 5.41) is 0.556. The van der Waals surface area contributed by atoms with Crippen molar-refractivity contribution in [1.82, 2.24) is 19.5 Å². The monoisotopic (exact) mass is 347 g/mol. The van der Waals surface area contributed by atoms with Gasteiger partial charge in [-0.15, -0.1) is 0 Å². The van der Waals surface area contributed by atoms with E-state index in [0.29, 0.717) is 16.3 Å². The van der Waals surface area contributed by atoms with Gasteiger partial charge in [-0.05, 0) is 24.1 Å². The molecule has 0 saturated heterocycles. The van der Waals surface area contributed by atoms with Crippen LogP contribution < -0.4 is 11.4 Å².